The van der Waals surface area contributed by atoms with E-state index in [9.17, 15) is 9.59 Å². The van der Waals surface area contributed by atoms with Gasteiger partial charge in [0.2, 0.25) is 5.91 Å². The summed E-state index contributed by atoms with van der Waals surface area (Å²) < 4.78 is 5.14. The first-order chi connectivity index (χ1) is 10.4. The van der Waals surface area contributed by atoms with E-state index in [1.165, 1.54) is 18.3 Å². The van der Waals surface area contributed by atoms with Gasteiger partial charge in [-0.1, -0.05) is 29.3 Å². The molecule has 1 aromatic carbocycles. The van der Waals surface area contributed by atoms with E-state index in [-0.39, 0.29) is 18.9 Å². The standard InChI is InChI=1S/C14H12Cl2N2O3S/c1-8(19)17-14-18-11(7-22-14)6-21-13(20)4-9-2-3-10(15)5-12(9)16/h2-3,5,7H,4,6H2,1H3,(H,17,18,19). The number of nitrogens with zero attached hydrogens (tertiary/aromatic N) is 1. The number of nitrogens with one attached hydrogen (secondary N) is 1. The van der Waals surface area contributed by atoms with E-state index in [1.807, 2.05) is 0 Å². The lowest BCUT2D eigenvalue weighted by Gasteiger charge is -2.05. The molecule has 0 aliphatic rings. The molecule has 0 saturated carbocycles. The van der Waals surface area contributed by atoms with Crippen LogP contribution in [0.1, 0.15) is 18.2 Å². The second-order valence-electron chi connectivity index (χ2n) is 4.40. The molecule has 5 nitrogen and oxygen atoms in total. The third-order valence-electron chi connectivity index (χ3n) is 2.57. The second-order valence-corrected chi connectivity index (χ2v) is 6.10. The molecule has 116 valence electrons. The molecule has 0 saturated heterocycles. The van der Waals surface area contributed by atoms with Crippen LogP contribution in [0.3, 0.4) is 0 Å². The summed E-state index contributed by atoms with van der Waals surface area (Å²) in [7, 11) is 0. The molecule has 0 spiro atoms. The molecule has 0 aliphatic carbocycles. The van der Waals surface area contributed by atoms with E-state index < -0.39 is 5.97 Å². The molecule has 0 fully saturated rings. The van der Waals surface area contributed by atoms with Gasteiger partial charge in [0.05, 0.1) is 12.1 Å². The Hall–Kier alpha value is -1.63. The first kappa shape index (κ1) is 16.7. The number of carbonyl (C=O) groups is 2. The van der Waals surface area contributed by atoms with Gasteiger partial charge in [-0.15, -0.1) is 11.3 Å². The number of esters is 1. The number of carbonyl (C=O) groups excluding carboxylic acids is 2. The van der Waals surface area contributed by atoms with Crippen molar-refractivity contribution in [2.45, 2.75) is 20.0 Å². The van der Waals surface area contributed by atoms with Crippen LogP contribution in [-0.4, -0.2) is 16.9 Å². The van der Waals surface area contributed by atoms with Gasteiger partial charge in [0.25, 0.3) is 0 Å². The Morgan fingerprint density at radius 1 is 1.36 bits per heavy atom. The third-order valence-corrected chi connectivity index (χ3v) is 3.96. The Kier molecular flexibility index (Phi) is 5.76. The summed E-state index contributed by atoms with van der Waals surface area (Å²) in [5.41, 5.74) is 1.22. The van der Waals surface area contributed by atoms with Crippen LogP contribution < -0.4 is 5.32 Å². The minimum atomic E-state index is -0.418. The predicted molar refractivity (Wildman–Crippen MR) is 86.4 cm³/mol. The highest BCUT2D eigenvalue weighted by Crippen LogP contribution is 2.22. The van der Waals surface area contributed by atoms with E-state index >= 15 is 0 Å². The average molecular weight is 359 g/mol. The normalized spacial score (nSPS) is 10.3. The van der Waals surface area contributed by atoms with E-state index in [1.54, 1.807) is 23.6 Å². The molecule has 0 atom stereocenters. The molecule has 0 bridgehead atoms. The van der Waals surface area contributed by atoms with Crippen LogP contribution in [0.5, 0.6) is 0 Å². The largest absolute Gasteiger partial charge is 0.459 e. The van der Waals surface area contributed by atoms with Gasteiger partial charge in [0, 0.05) is 22.3 Å². The zero-order valence-electron chi connectivity index (χ0n) is 11.6. The Morgan fingerprint density at radius 2 is 2.14 bits per heavy atom. The molecule has 2 rings (SSSR count). The fourth-order valence-corrected chi connectivity index (χ4v) is 2.82. The lowest BCUT2D eigenvalue weighted by Crippen LogP contribution is -2.09. The predicted octanol–water partition coefficient (Wildman–Crippen LogP) is 3.69. The summed E-state index contributed by atoms with van der Waals surface area (Å²) in [6.07, 6.45) is 0.0543. The van der Waals surface area contributed by atoms with Gasteiger partial charge in [0.1, 0.15) is 6.61 Å². The number of amides is 1. The maximum absolute atomic E-state index is 11.8. The van der Waals surface area contributed by atoms with Crippen molar-refractivity contribution in [1.82, 2.24) is 4.98 Å². The molecular formula is C14H12Cl2N2O3S. The van der Waals surface area contributed by atoms with Gasteiger partial charge in [-0.05, 0) is 17.7 Å². The van der Waals surface area contributed by atoms with Crippen molar-refractivity contribution in [3.8, 4) is 0 Å². The number of aromatic nitrogens is 1. The number of rotatable bonds is 5. The maximum atomic E-state index is 11.8. The molecule has 1 amide bonds. The maximum Gasteiger partial charge on any atom is 0.310 e. The smallest absolute Gasteiger partial charge is 0.310 e. The minimum absolute atomic E-state index is 0.0418. The lowest BCUT2D eigenvalue weighted by atomic mass is 10.1. The number of halogens is 2. The summed E-state index contributed by atoms with van der Waals surface area (Å²) in [6, 6.07) is 4.92. The van der Waals surface area contributed by atoms with E-state index in [0.717, 1.165) is 0 Å². The Bertz CT molecular complexity index is 703. The van der Waals surface area contributed by atoms with Crippen LogP contribution in [0.4, 0.5) is 5.13 Å². The highest BCUT2D eigenvalue weighted by molar-refractivity contribution is 7.13. The summed E-state index contributed by atoms with van der Waals surface area (Å²) in [5, 5.41) is 5.68. The monoisotopic (exact) mass is 358 g/mol. The number of thiazole rings is 1. The summed E-state index contributed by atoms with van der Waals surface area (Å²) in [5.74, 6) is -0.617. The van der Waals surface area contributed by atoms with Gasteiger partial charge < -0.3 is 10.1 Å². The molecule has 0 aliphatic heterocycles. The minimum Gasteiger partial charge on any atom is -0.459 e. The van der Waals surface area contributed by atoms with Crippen LogP contribution in [-0.2, 0) is 27.4 Å². The topological polar surface area (TPSA) is 68.3 Å². The van der Waals surface area contributed by atoms with E-state index in [0.29, 0.717) is 26.4 Å². The van der Waals surface area contributed by atoms with Gasteiger partial charge in [-0.3, -0.25) is 9.59 Å². The van der Waals surface area contributed by atoms with Crippen LogP contribution >= 0.6 is 34.5 Å². The van der Waals surface area contributed by atoms with Crippen molar-refractivity contribution in [3.63, 3.8) is 0 Å². The zero-order chi connectivity index (χ0) is 16.1. The summed E-state index contributed by atoms with van der Waals surface area (Å²) in [4.78, 5) is 26.8. The van der Waals surface area contributed by atoms with Gasteiger partial charge in [0.15, 0.2) is 5.13 Å². The summed E-state index contributed by atoms with van der Waals surface area (Å²) in [6.45, 7) is 1.44. The molecule has 1 aromatic heterocycles. The van der Waals surface area contributed by atoms with Crippen molar-refractivity contribution in [2.75, 3.05) is 5.32 Å². The molecule has 8 heteroatoms. The van der Waals surface area contributed by atoms with Crippen LogP contribution in [0, 0.1) is 0 Å². The first-order valence-corrected chi connectivity index (χ1v) is 7.89. The van der Waals surface area contributed by atoms with E-state index in [2.05, 4.69) is 10.3 Å². The number of anilines is 1. The Balaban J connectivity index is 1.87. The van der Waals surface area contributed by atoms with Crippen molar-refractivity contribution >= 4 is 51.5 Å². The molecule has 0 unspecified atom stereocenters. The zero-order valence-corrected chi connectivity index (χ0v) is 13.9. The van der Waals surface area contributed by atoms with Crippen molar-refractivity contribution < 1.29 is 14.3 Å². The van der Waals surface area contributed by atoms with Gasteiger partial charge in [-0.25, -0.2) is 4.98 Å². The van der Waals surface area contributed by atoms with Gasteiger partial charge in [-0.2, -0.15) is 0 Å². The second kappa shape index (κ2) is 7.58. The fourth-order valence-electron chi connectivity index (χ4n) is 1.61. The molecule has 0 radical (unpaired) electrons. The van der Waals surface area contributed by atoms with E-state index in [4.69, 9.17) is 27.9 Å². The lowest BCUT2D eigenvalue weighted by molar-refractivity contribution is -0.144. The highest BCUT2D eigenvalue weighted by atomic mass is 35.5. The Labute approximate surface area is 141 Å². The number of hydrogen-bond acceptors (Lipinski definition) is 5. The Morgan fingerprint density at radius 3 is 2.82 bits per heavy atom. The number of hydrogen-bond donors (Lipinski definition) is 1. The van der Waals surface area contributed by atoms with Crippen LogP contribution in [0.2, 0.25) is 10.0 Å². The summed E-state index contributed by atoms with van der Waals surface area (Å²) >= 11 is 13.1. The number of ether oxygens (including phenoxy) is 1. The van der Waals surface area contributed by atoms with Gasteiger partial charge >= 0.3 is 5.97 Å². The first-order valence-electron chi connectivity index (χ1n) is 6.25. The van der Waals surface area contributed by atoms with Crippen molar-refractivity contribution in [3.05, 3.63) is 44.9 Å². The molecule has 22 heavy (non-hydrogen) atoms. The fraction of sp³-hybridized carbons (Fsp3) is 0.214. The van der Waals surface area contributed by atoms with Crippen molar-refractivity contribution in [2.24, 2.45) is 0 Å². The van der Waals surface area contributed by atoms with Crippen molar-refractivity contribution in [1.29, 1.82) is 0 Å². The molecule has 2 aromatic rings. The molecular weight excluding hydrogens is 347 g/mol. The van der Waals surface area contributed by atoms with Crippen LogP contribution in [0.25, 0.3) is 0 Å². The third kappa shape index (κ3) is 4.98. The highest BCUT2D eigenvalue weighted by Gasteiger charge is 2.10. The average Bonchev–Trinajstić information content (AvgIpc) is 2.86. The quantitative estimate of drug-likeness (QED) is 0.827. The molecule has 1 N–H and O–H groups in total. The SMILES string of the molecule is CC(=O)Nc1nc(COC(=O)Cc2ccc(Cl)cc2Cl)cs1. The number of benzene rings is 1. The molecule has 1 heterocycles. The van der Waals surface area contributed by atoms with Crippen LogP contribution in [0.15, 0.2) is 23.6 Å².